The molecule has 0 amide bonds. The second-order valence-electron chi connectivity index (χ2n) is 5.51. The summed E-state index contributed by atoms with van der Waals surface area (Å²) in [6.45, 7) is 1.62. The summed E-state index contributed by atoms with van der Waals surface area (Å²) in [4.78, 5) is 3.83. The first-order valence-corrected chi connectivity index (χ1v) is 7.28. The van der Waals surface area contributed by atoms with Crippen LogP contribution < -0.4 is 0 Å². The zero-order valence-electron chi connectivity index (χ0n) is 12.8. The third kappa shape index (κ3) is 3.00. The highest BCUT2D eigenvalue weighted by Gasteiger charge is 2.40. The van der Waals surface area contributed by atoms with Crippen molar-refractivity contribution in [3.8, 4) is 0 Å². The van der Waals surface area contributed by atoms with E-state index in [2.05, 4.69) is 20.3 Å². The van der Waals surface area contributed by atoms with Gasteiger partial charge in [-0.1, -0.05) is 13.0 Å². The number of aromatic nitrogens is 5. The molecule has 0 aliphatic heterocycles. The van der Waals surface area contributed by atoms with Crippen LogP contribution in [0.1, 0.15) is 24.1 Å². The van der Waals surface area contributed by atoms with E-state index in [0.717, 1.165) is 12.1 Å². The molecule has 0 saturated heterocycles. The maximum Gasteiger partial charge on any atom is 0.137 e. The Morgan fingerprint density at radius 1 is 1.29 bits per heavy atom. The van der Waals surface area contributed by atoms with Gasteiger partial charge in [0.25, 0.3) is 0 Å². The van der Waals surface area contributed by atoms with Crippen molar-refractivity contribution in [3.05, 3.63) is 72.1 Å². The fraction of sp³-hybridized carbons (Fsp3) is 0.250. The van der Waals surface area contributed by atoms with E-state index >= 15 is 0 Å². The molecule has 1 aromatic carbocycles. The van der Waals surface area contributed by atoms with Gasteiger partial charge in [0.15, 0.2) is 0 Å². The van der Waals surface area contributed by atoms with E-state index in [1.807, 2.05) is 0 Å². The molecule has 0 aliphatic rings. The van der Waals surface area contributed by atoms with Gasteiger partial charge in [-0.15, -0.1) is 0 Å². The lowest BCUT2D eigenvalue weighted by Crippen LogP contribution is -2.38. The van der Waals surface area contributed by atoms with Crippen molar-refractivity contribution in [1.29, 1.82) is 0 Å². The Morgan fingerprint density at radius 2 is 2.12 bits per heavy atom. The second-order valence-corrected chi connectivity index (χ2v) is 5.51. The Bertz CT molecular complexity index is 813. The summed E-state index contributed by atoms with van der Waals surface area (Å²) >= 11 is 0. The molecule has 2 unspecified atom stereocenters. The molecule has 0 bridgehead atoms. The van der Waals surface area contributed by atoms with E-state index in [0.29, 0.717) is 5.69 Å². The summed E-state index contributed by atoms with van der Waals surface area (Å²) in [5.74, 6) is -2.18. The lowest BCUT2D eigenvalue weighted by atomic mass is 9.80. The van der Waals surface area contributed by atoms with Crippen LogP contribution in [0.4, 0.5) is 8.78 Å². The van der Waals surface area contributed by atoms with Crippen molar-refractivity contribution < 1.29 is 13.9 Å². The summed E-state index contributed by atoms with van der Waals surface area (Å²) in [6.07, 6.45) is 4.23. The summed E-state index contributed by atoms with van der Waals surface area (Å²) in [7, 11) is 0. The highest BCUT2D eigenvalue weighted by Crippen LogP contribution is 2.38. The Balaban J connectivity index is 2.09. The normalized spacial score (nSPS) is 15.0. The van der Waals surface area contributed by atoms with Gasteiger partial charge in [0, 0.05) is 23.7 Å². The molecule has 0 radical (unpaired) electrons. The van der Waals surface area contributed by atoms with Crippen LogP contribution in [0.15, 0.2) is 49.2 Å². The predicted molar refractivity (Wildman–Crippen MR) is 80.7 cm³/mol. The standard InChI is InChI=1S/C16H15F2N5O/c1-11(15-3-2-6-20-22-15)16(24,8-23-10-19-9-21-23)13-5-4-12(17)7-14(13)18/h2-7,9-11,24H,8H2,1H3. The predicted octanol–water partition coefficient (Wildman–Crippen LogP) is 2.04. The smallest absolute Gasteiger partial charge is 0.137 e. The first-order chi connectivity index (χ1) is 11.5. The third-order valence-corrected chi connectivity index (χ3v) is 4.02. The number of rotatable bonds is 5. The van der Waals surface area contributed by atoms with Gasteiger partial charge in [0.05, 0.1) is 12.2 Å². The largest absolute Gasteiger partial charge is 0.382 e. The molecule has 8 heteroatoms. The topological polar surface area (TPSA) is 76.7 Å². The number of hydrogen-bond donors (Lipinski definition) is 1. The Morgan fingerprint density at radius 3 is 2.75 bits per heavy atom. The van der Waals surface area contributed by atoms with Crippen LogP contribution in [0.2, 0.25) is 0 Å². The summed E-state index contributed by atoms with van der Waals surface area (Å²) < 4.78 is 29.0. The van der Waals surface area contributed by atoms with Crippen LogP contribution in [-0.4, -0.2) is 30.1 Å². The maximum absolute atomic E-state index is 14.4. The van der Waals surface area contributed by atoms with E-state index in [4.69, 9.17) is 0 Å². The van der Waals surface area contributed by atoms with Crippen molar-refractivity contribution >= 4 is 0 Å². The molecular weight excluding hydrogens is 316 g/mol. The van der Waals surface area contributed by atoms with Crippen molar-refractivity contribution in [2.24, 2.45) is 0 Å². The summed E-state index contributed by atoms with van der Waals surface area (Å²) in [5, 5.41) is 23.1. The third-order valence-electron chi connectivity index (χ3n) is 4.02. The van der Waals surface area contributed by atoms with Gasteiger partial charge in [-0.2, -0.15) is 15.3 Å². The SMILES string of the molecule is CC(c1cccnn1)C(O)(Cn1cncn1)c1ccc(F)cc1F. The lowest BCUT2D eigenvalue weighted by molar-refractivity contribution is -0.0125. The van der Waals surface area contributed by atoms with Gasteiger partial charge in [0.1, 0.15) is 29.9 Å². The summed E-state index contributed by atoms with van der Waals surface area (Å²) in [6, 6.07) is 6.44. The van der Waals surface area contributed by atoms with Crippen LogP contribution >= 0.6 is 0 Å². The quantitative estimate of drug-likeness (QED) is 0.774. The van der Waals surface area contributed by atoms with Crippen LogP contribution in [0, 0.1) is 11.6 Å². The van der Waals surface area contributed by atoms with Crippen molar-refractivity contribution in [2.45, 2.75) is 25.0 Å². The average Bonchev–Trinajstić information content (AvgIpc) is 3.07. The van der Waals surface area contributed by atoms with Crippen LogP contribution in [-0.2, 0) is 12.1 Å². The van der Waals surface area contributed by atoms with Gasteiger partial charge < -0.3 is 5.11 Å². The molecule has 24 heavy (non-hydrogen) atoms. The molecule has 0 fully saturated rings. The van der Waals surface area contributed by atoms with Crippen LogP contribution in [0.5, 0.6) is 0 Å². The molecule has 1 N–H and O–H groups in total. The first-order valence-electron chi connectivity index (χ1n) is 7.28. The zero-order valence-corrected chi connectivity index (χ0v) is 12.8. The summed E-state index contributed by atoms with van der Waals surface area (Å²) in [5.41, 5.74) is -1.29. The molecule has 0 aliphatic carbocycles. The van der Waals surface area contributed by atoms with Crippen LogP contribution in [0.3, 0.4) is 0 Å². The van der Waals surface area contributed by atoms with E-state index in [-0.39, 0.29) is 12.1 Å². The van der Waals surface area contributed by atoms with E-state index in [1.54, 1.807) is 19.1 Å². The van der Waals surface area contributed by atoms with Gasteiger partial charge in [-0.05, 0) is 18.2 Å². The zero-order chi connectivity index (χ0) is 17.2. The molecule has 0 spiro atoms. The number of nitrogens with zero attached hydrogens (tertiary/aromatic N) is 5. The Kier molecular flexibility index (Phi) is 4.30. The van der Waals surface area contributed by atoms with Gasteiger partial charge in [-0.3, -0.25) is 0 Å². The molecule has 3 aromatic rings. The van der Waals surface area contributed by atoms with Crippen molar-refractivity contribution in [1.82, 2.24) is 25.0 Å². The molecule has 124 valence electrons. The number of benzene rings is 1. The molecule has 2 heterocycles. The maximum atomic E-state index is 14.4. The van der Waals surface area contributed by atoms with E-state index < -0.39 is 23.2 Å². The minimum absolute atomic E-state index is 0.0439. The minimum Gasteiger partial charge on any atom is -0.382 e. The molecule has 2 atom stereocenters. The average molecular weight is 331 g/mol. The monoisotopic (exact) mass is 331 g/mol. The highest BCUT2D eigenvalue weighted by molar-refractivity contribution is 5.29. The molecule has 0 saturated carbocycles. The fourth-order valence-corrected chi connectivity index (χ4v) is 2.65. The van der Waals surface area contributed by atoms with E-state index in [9.17, 15) is 13.9 Å². The first kappa shape index (κ1) is 16.1. The van der Waals surface area contributed by atoms with Crippen LogP contribution in [0.25, 0.3) is 0 Å². The van der Waals surface area contributed by atoms with Gasteiger partial charge in [-0.25, -0.2) is 18.4 Å². The van der Waals surface area contributed by atoms with Crippen molar-refractivity contribution in [3.63, 3.8) is 0 Å². The fourth-order valence-electron chi connectivity index (χ4n) is 2.65. The molecular formula is C16H15F2N5O. The number of halogens is 2. The minimum atomic E-state index is -1.72. The van der Waals surface area contributed by atoms with Gasteiger partial charge >= 0.3 is 0 Å². The van der Waals surface area contributed by atoms with Gasteiger partial charge in [0.2, 0.25) is 0 Å². The second kappa shape index (κ2) is 6.40. The van der Waals surface area contributed by atoms with Crippen molar-refractivity contribution in [2.75, 3.05) is 0 Å². The lowest BCUT2D eigenvalue weighted by Gasteiger charge is -2.34. The number of aliphatic hydroxyl groups is 1. The van der Waals surface area contributed by atoms with E-state index in [1.165, 1.54) is 29.6 Å². The molecule has 3 rings (SSSR count). The highest BCUT2D eigenvalue weighted by atomic mass is 19.1. The Labute approximate surface area is 136 Å². The molecule has 6 nitrogen and oxygen atoms in total. The molecule has 2 aromatic heterocycles. The number of hydrogen-bond acceptors (Lipinski definition) is 5. The Hall–Kier alpha value is -2.74.